The topological polar surface area (TPSA) is 78.4 Å². The van der Waals surface area contributed by atoms with E-state index in [1.54, 1.807) is 12.2 Å². The molecule has 0 N–H and O–H groups in total. The van der Waals surface area contributed by atoms with E-state index < -0.39 is 15.5 Å². The molecule has 23 heavy (non-hydrogen) atoms. The first kappa shape index (κ1) is 16.1. The molecule has 1 heterocycles. The van der Waals surface area contributed by atoms with Gasteiger partial charge in [0, 0.05) is 4.91 Å². The molecule has 0 aromatic heterocycles. The quantitative estimate of drug-likeness (QED) is 0.832. The van der Waals surface area contributed by atoms with Crippen molar-refractivity contribution in [1.29, 1.82) is 0 Å². The summed E-state index contributed by atoms with van der Waals surface area (Å²) in [5, 5.41) is -0.396. The Balaban J connectivity index is 1.96. The van der Waals surface area contributed by atoms with E-state index in [0.717, 1.165) is 16.0 Å². The molecule has 0 fully saturated rings. The van der Waals surface area contributed by atoms with Crippen molar-refractivity contribution in [1.82, 2.24) is 0 Å². The lowest BCUT2D eigenvalue weighted by atomic mass is 10.1. The van der Waals surface area contributed by atoms with Crippen LogP contribution in [0.3, 0.4) is 0 Å². The van der Waals surface area contributed by atoms with Crippen LogP contribution in [0.1, 0.15) is 16.4 Å². The number of thioether (sulfide) groups is 1. The molecule has 6 heteroatoms. The van der Waals surface area contributed by atoms with E-state index in [1.165, 1.54) is 11.8 Å². The average Bonchev–Trinajstić information content (AvgIpc) is 2.55. The summed E-state index contributed by atoms with van der Waals surface area (Å²) in [5.41, 5.74) is 1.89. The highest BCUT2D eigenvalue weighted by Gasteiger charge is 2.33. The van der Waals surface area contributed by atoms with E-state index in [1.807, 2.05) is 60.7 Å². The first-order chi connectivity index (χ1) is 11.0. The van der Waals surface area contributed by atoms with Crippen molar-refractivity contribution in [3.63, 3.8) is 0 Å². The molecular formula is C17H13ClO4S. The molecule has 0 radical (unpaired) electrons. The monoisotopic (exact) mass is 348 g/mol. The third-order valence-corrected chi connectivity index (χ3v) is 4.98. The molecule has 3 rings (SSSR count). The predicted octanol–water partition coefficient (Wildman–Crippen LogP) is 1.31. The van der Waals surface area contributed by atoms with E-state index >= 15 is 0 Å². The zero-order valence-electron chi connectivity index (χ0n) is 11.9. The molecule has 1 unspecified atom stereocenters. The zero-order chi connectivity index (χ0) is 16.3. The highest BCUT2D eigenvalue weighted by molar-refractivity contribution is 8.08. The summed E-state index contributed by atoms with van der Waals surface area (Å²) >= 11 is 1.45. The lowest BCUT2D eigenvalue weighted by Crippen LogP contribution is -2.60. The van der Waals surface area contributed by atoms with Crippen molar-refractivity contribution < 1.29 is 28.5 Å². The van der Waals surface area contributed by atoms with E-state index in [4.69, 9.17) is 0 Å². The van der Waals surface area contributed by atoms with Gasteiger partial charge in [-0.2, -0.15) is 14.0 Å². The highest BCUT2D eigenvalue weighted by Crippen LogP contribution is 2.47. The van der Waals surface area contributed by atoms with E-state index in [2.05, 4.69) is 4.29 Å². The van der Waals surface area contributed by atoms with E-state index in [-0.39, 0.29) is 5.76 Å². The summed E-state index contributed by atoms with van der Waals surface area (Å²) in [7, 11) is -4.52. The molecular weight excluding hydrogens is 336 g/mol. The number of rotatable bonds is 4. The molecule has 2 aromatic carbocycles. The Morgan fingerprint density at radius 2 is 1.43 bits per heavy atom. The van der Waals surface area contributed by atoms with Gasteiger partial charge in [0.15, 0.2) is 0 Å². The number of allylic oxidation sites excluding steroid dienone is 2. The molecule has 2 aromatic rings. The lowest BCUT2D eigenvalue weighted by molar-refractivity contribution is -1.92. The van der Waals surface area contributed by atoms with Crippen LogP contribution in [0, 0.1) is 10.2 Å². The van der Waals surface area contributed by atoms with Crippen LogP contribution in [-0.2, 0) is 4.29 Å². The fraction of sp³-hybridized carbons (Fsp3) is 0.0588. The number of hydrogen-bond acceptors (Lipinski definition) is 5. The maximum absolute atomic E-state index is 11.0. The molecule has 0 aliphatic carbocycles. The summed E-state index contributed by atoms with van der Waals surface area (Å²) in [4.78, 5) is 0.978. The van der Waals surface area contributed by atoms with E-state index in [0.29, 0.717) is 0 Å². The lowest BCUT2D eigenvalue weighted by Gasteiger charge is -2.23. The van der Waals surface area contributed by atoms with Crippen molar-refractivity contribution >= 4 is 16.7 Å². The smallest absolute Gasteiger partial charge is 0.167 e. The summed E-state index contributed by atoms with van der Waals surface area (Å²) in [6, 6.07) is 19.1. The third-order valence-electron chi connectivity index (χ3n) is 3.25. The summed E-state index contributed by atoms with van der Waals surface area (Å²) in [6.07, 6.45) is 3.30. The van der Waals surface area contributed by atoms with Crippen LogP contribution in [0.4, 0.5) is 0 Å². The van der Waals surface area contributed by atoms with Gasteiger partial charge < -0.3 is 0 Å². The molecule has 0 bridgehead atoms. The SMILES string of the molecule is [O-][Cl+3]([O-])([O-])OC1=CC=C(c2ccccc2)SC1c1ccccc1. The van der Waals surface area contributed by atoms with Gasteiger partial charge in [0.05, 0.1) is 0 Å². The predicted molar refractivity (Wildman–Crippen MR) is 80.4 cm³/mol. The third kappa shape index (κ3) is 4.16. The van der Waals surface area contributed by atoms with Gasteiger partial charge in [-0.25, -0.2) is 0 Å². The van der Waals surface area contributed by atoms with Crippen molar-refractivity contribution in [3.05, 3.63) is 89.7 Å². The van der Waals surface area contributed by atoms with Gasteiger partial charge in [0.2, 0.25) is 0 Å². The number of benzene rings is 2. The minimum Gasteiger partial charge on any atom is -0.167 e. The van der Waals surface area contributed by atoms with Gasteiger partial charge in [0.25, 0.3) is 5.76 Å². The number of halogens is 1. The second kappa shape index (κ2) is 6.78. The zero-order valence-corrected chi connectivity index (χ0v) is 13.5. The van der Waals surface area contributed by atoms with Crippen molar-refractivity contribution in [2.24, 2.45) is 0 Å². The summed E-state index contributed by atoms with van der Waals surface area (Å²) < 4.78 is 37.5. The molecule has 4 nitrogen and oxygen atoms in total. The maximum atomic E-state index is 11.0. The van der Waals surface area contributed by atoms with Gasteiger partial charge >= 0.3 is 0 Å². The fourth-order valence-corrected chi connectivity index (χ4v) is 3.89. The van der Waals surface area contributed by atoms with Gasteiger partial charge in [-0.3, -0.25) is 0 Å². The molecule has 1 aliphatic rings. The van der Waals surface area contributed by atoms with Crippen LogP contribution in [0.5, 0.6) is 0 Å². The minimum atomic E-state index is -4.52. The minimum absolute atomic E-state index is 0.109. The van der Waals surface area contributed by atoms with Crippen LogP contribution in [0.15, 0.2) is 78.6 Å². The Morgan fingerprint density at radius 1 is 0.826 bits per heavy atom. The van der Waals surface area contributed by atoms with Gasteiger partial charge in [-0.1, -0.05) is 65.0 Å². The highest BCUT2D eigenvalue weighted by atomic mass is 35.7. The van der Waals surface area contributed by atoms with Crippen LogP contribution >= 0.6 is 11.8 Å². The van der Waals surface area contributed by atoms with Crippen LogP contribution < -0.4 is 14.0 Å². The Hall–Kier alpha value is -1.76. The Bertz CT molecular complexity index is 723. The average molecular weight is 349 g/mol. The molecule has 1 aliphatic heterocycles. The van der Waals surface area contributed by atoms with E-state index in [9.17, 15) is 14.0 Å². The first-order valence-electron chi connectivity index (χ1n) is 6.82. The molecule has 0 saturated carbocycles. The molecule has 0 saturated heterocycles. The first-order valence-corrected chi connectivity index (χ1v) is 8.93. The largest absolute Gasteiger partial charge is 0.282 e. The van der Waals surface area contributed by atoms with Crippen LogP contribution in [0.2, 0.25) is 0 Å². The Kier molecular flexibility index (Phi) is 4.75. The second-order valence-electron chi connectivity index (χ2n) is 4.83. The summed E-state index contributed by atoms with van der Waals surface area (Å²) in [5.74, 6) is 0.109. The number of hydrogen-bond donors (Lipinski definition) is 0. The fourth-order valence-electron chi connectivity index (χ4n) is 2.27. The Morgan fingerprint density at radius 3 is 2.04 bits per heavy atom. The standard InChI is InChI=1S/C17H13ClO4S/c19-18(20,21)22-15-11-12-16(13-7-3-1-4-8-13)23-17(15)14-9-5-2-6-10-14/h1-12,17H. The van der Waals surface area contributed by atoms with Crippen LogP contribution in [0.25, 0.3) is 4.91 Å². The van der Waals surface area contributed by atoms with Crippen molar-refractivity contribution in [2.75, 3.05) is 0 Å². The normalized spacial score (nSPS) is 18.1. The van der Waals surface area contributed by atoms with Gasteiger partial charge in [-0.05, 0) is 23.3 Å². The molecule has 1 atom stereocenters. The van der Waals surface area contributed by atoms with Gasteiger partial charge in [-0.15, -0.1) is 11.8 Å². The van der Waals surface area contributed by atoms with Crippen molar-refractivity contribution in [3.8, 4) is 0 Å². The maximum Gasteiger partial charge on any atom is 0.282 e. The van der Waals surface area contributed by atoms with Gasteiger partial charge in [0.1, 0.15) is 15.5 Å². The summed E-state index contributed by atoms with van der Waals surface area (Å²) in [6.45, 7) is 0. The molecule has 118 valence electrons. The molecule has 0 spiro atoms. The van der Waals surface area contributed by atoms with Crippen molar-refractivity contribution in [2.45, 2.75) is 5.25 Å². The Labute approximate surface area is 140 Å². The molecule has 0 amide bonds. The van der Waals surface area contributed by atoms with Crippen LogP contribution in [-0.4, -0.2) is 0 Å². The second-order valence-corrected chi connectivity index (χ2v) is 6.89.